The molecule has 0 saturated heterocycles. The average Bonchev–Trinajstić information content (AvgIpc) is 2.82. The number of nitrogens with zero attached hydrogens (tertiary/aromatic N) is 2. The van der Waals surface area contributed by atoms with E-state index in [9.17, 15) is 18.0 Å². The molecule has 0 spiro atoms. The lowest BCUT2D eigenvalue weighted by molar-refractivity contribution is -0.138. The van der Waals surface area contributed by atoms with Crippen LogP contribution in [-0.4, -0.2) is 71.3 Å². The molecule has 2 rings (SSSR count). The van der Waals surface area contributed by atoms with E-state index in [0.29, 0.717) is 18.7 Å². The van der Waals surface area contributed by atoms with Gasteiger partial charge in [-0.05, 0) is 38.0 Å². The van der Waals surface area contributed by atoms with Gasteiger partial charge in [0.05, 0.1) is 26.2 Å². The Kier molecular flexibility index (Phi) is 9.73. The van der Waals surface area contributed by atoms with E-state index in [1.165, 1.54) is 25.2 Å². The summed E-state index contributed by atoms with van der Waals surface area (Å²) in [5.41, 5.74) is 1.17. The van der Waals surface area contributed by atoms with Crippen LogP contribution in [0.15, 0.2) is 48.5 Å². The number of benzene rings is 2. The van der Waals surface area contributed by atoms with E-state index >= 15 is 0 Å². The van der Waals surface area contributed by atoms with Crippen molar-refractivity contribution in [1.82, 2.24) is 10.2 Å². The Balaban J connectivity index is 2.39. The van der Waals surface area contributed by atoms with Crippen LogP contribution in [0.5, 0.6) is 11.5 Å². The zero-order valence-electron chi connectivity index (χ0n) is 20.3. The second kappa shape index (κ2) is 12.3. The maximum absolute atomic E-state index is 13.5. The Labute approximate surface area is 201 Å². The molecule has 0 fully saturated rings. The van der Waals surface area contributed by atoms with E-state index in [1.54, 1.807) is 26.0 Å². The normalized spacial score (nSPS) is 11.9. The topological polar surface area (TPSA) is 105 Å². The maximum Gasteiger partial charge on any atom is 0.244 e. The molecule has 0 radical (unpaired) electrons. The molecule has 186 valence electrons. The van der Waals surface area contributed by atoms with Crippen LogP contribution in [0.2, 0.25) is 0 Å². The molecule has 1 atom stereocenters. The third-order valence-corrected chi connectivity index (χ3v) is 6.46. The number of nitrogens with one attached hydrogen (secondary N) is 1. The second-order valence-corrected chi connectivity index (χ2v) is 9.61. The number of sulfonamides is 1. The van der Waals surface area contributed by atoms with Crippen LogP contribution < -0.4 is 19.1 Å². The molecule has 10 heteroatoms. The molecule has 34 heavy (non-hydrogen) atoms. The number of anilines is 1. The number of hydrogen-bond acceptors (Lipinski definition) is 6. The fourth-order valence-electron chi connectivity index (χ4n) is 3.48. The number of ether oxygens (including phenoxy) is 2. The van der Waals surface area contributed by atoms with Crippen LogP contribution >= 0.6 is 0 Å². The Hall–Kier alpha value is -3.27. The molecular formula is C24H33N3O6S. The SMILES string of the molecule is CCNC(=O)[C@H](C)N(CCc1ccccc1)C(=O)CN(c1cc(OC)ccc1OC)S(C)(=O)=O. The van der Waals surface area contributed by atoms with Gasteiger partial charge >= 0.3 is 0 Å². The fraction of sp³-hybridized carbons (Fsp3) is 0.417. The quantitative estimate of drug-likeness (QED) is 0.487. The van der Waals surface area contributed by atoms with Crippen molar-refractivity contribution in [3.05, 3.63) is 54.1 Å². The van der Waals surface area contributed by atoms with Crippen molar-refractivity contribution in [3.8, 4) is 11.5 Å². The minimum absolute atomic E-state index is 0.173. The van der Waals surface area contributed by atoms with E-state index in [4.69, 9.17) is 9.47 Å². The lowest BCUT2D eigenvalue weighted by atomic mass is 10.1. The van der Waals surface area contributed by atoms with E-state index in [0.717, 1.165) is 16.1 Å². The predicted molar refractivity (Wildman–Crippen MR) is 132 cm³/mol. The van der Waals surface area contributed by atoms with Crippen LogP contribution in [0.25, 0.3) is 0 Å². The van der Waals surface area contributed by atoms with Crippen LogP contribution in [-0.2, 0) is 26.0 Å². The van der Waals surface area contributed by atoms with Gasteiger partial charge < -0.3 is 19.7 Å². The molecule has 0 aliphatic rings. The molecule has 1 N–H and O–H groups in total. The van der Waals surface area contributed by atoms with Crippen LogP contribution in [0.4, 0.5) is 5.69 Å². The maximum atomic E-state index is 13.5. The van der Waals surface area contributed by atoms with E-state index in [2.05, 4.69) is 5.32 Å². The minimum atomic E-state index is -3.88. The number of amides is 2. The third-order valence-electron chi connectivity index (χ3n) is 5.34. The molecule has 2 amide bonds. The number of carbonyl (C=O) groups excluding carboxylic acids is 2. The summed E-state index contributed by atoms with van der Waals surface area (Å²) in [4.78, 5) is 27.4. The molecule has 2 aromatic rings. The van der Waals surface area contributed by atoms with Gasteiger partial charge in [-0.25, -0.2) is 8.42 Å². The first kappa shape index (κ1) is 27.0. The van der Waals surface area contributed by atoms with Crippen molar-refractivity contribution >= 4 is 27.5 Å². The van der Waals surface area contributed by atoms with Crippen LogP contribution in [0, 0.1) is 0 Å². The number of likely N-dealkylation sites (N-methyl/N-ethyl adjacent to an activating group) is 1. The Morgan fingerprint density at radius 1 is 1.06 bits per heavy atom. The number of hydrogen-bond donors (Lipinski definition) is 1. The highest BCUT2D eigenvalue weighted by molar-refractivity contribution is 7.92. The summed E-state index contributed by atoms with van der Waals surface area (Å²) < 4.78 is 37.0. The molecule has 0 aromatic heterocycles. The molecule has 0 unspecified atom stereocenters. The zero-order valence-corrected chi connectivity index (χ0v) is 21.1. The summed E-state index contributed by atoms with van der Waals surface area (Å²) in [7, 11) is -1.00. The average molecular weight is 492 g/mol. The number of carbonyl (C=O) groups is 2. The van der Waals surface area contributed by atoms with Crippen molar-refractivity contribution in [1.29, 1.82) is 0 Å². The first-order valence-electron chi connectivity index (χ1n) is 10.9. The van der Waals surface area contributed by atoms with E-state index in [1.807, 2.05) is 30.3 Å². The van der Waals surface area contributed by atoms with E-state index in [-0.39, 0.29) is 23.9 Å². The van der Waals surface area contributed by atoms with Gasteiger partial charge in [-0.3, -0.25) is 13.9 Å². The lowest BCUT2D eigenvalue weighted by Crippen LogP contribution is -2.52. The lowest BCUT2D eigenvalue weighted by Gasteiger charge is -2.31. The summed E-state index contributed by atoms with van der Waals surface area (Å²) in [5.74, 6) is -0.140. The first-order valence-corrected chi connectivity index (χ1v) is 12.8. The highest BCUT2D eigenvalue weighted by Crippen LogP contribution is 2.33. The van der Waals surface area contributed by atoms with Gasteiger partial charge in [0, 0.05) is 19.2 Å². The van der Waals surface area contributed by atoms with Gasteiger partial charge in [0.2, 0.25) is 21.8 Å². The largest absolute Gasteiger partial charge is 0.497 e. The smallest absolute Gasteiger partial charge is 0.244 e. The molecule has 0 bridgehead atoms. The Morgan fingerprint density at radius 2 is 1.74 bits per heavy atom. The van der Waals surface area contributed by atoms with Gasteiger partial charge in [-0.2, -0.15) is 0 Å². The number of methoxy groups -OCH3 is 2. The van der Waals surface area contributed by atoms with Crippen molar-refractivity contribution < 1.29 is 27.5 Å². The summed E-state index contributed by atoms with van der Waals surface area (Å²) in [6.07, 6.45) is 1.53. The van der Waals surface area contributed by atoms with Gasteiger partial charge in [0.25, 0.3) is 0 Å². The molecule has 2 aromatic carbocycles. The summed E-state index contributed by atoms with van der Waals surface area (Å²) >= 11 is 0. The molecule has 0 aliphatic heterocycles. The van der Waals surface area contributed by atoms with Crippen molar-refractivity contribution in [2.24, 2.45) is 0 Å². The molecule has 9 nitrogen and oxygen atoms in total. The standard InChI is InChI=1S/C24H33N3O6S/c1-6-25-24(29)18(2)26(15-14-19-10-8-7-9-11-19)23(28)17-27(34(5,30)31)21-16-20(32-3)12-13-22(21)33-4/h7-13,16,18H,6,14-15,17H2,1-5H3,(H,25,29)/t18-/m0/s1. The first-order chi connectivity index (χ1) is 16.1. The highest BCUT2D eigenvalue weighted by Gasteiger charge is 2.31. The van der Waals surface area contributed by atoms with Crippen LogP contribution in [0.3, 0.4) is 0 Å². The second-order valence-electron chi connectivity index (χ2n) is 7.70. The predicted octanol–water partition coefficient (Wildman–Crippen LogP) is 2.07. The summed E-state index contributed by atoms with van der Waals surface area (Å²) in [5, 5.41) is 2.73. The van der Waals surface area contributed by atoms with Crippen molar-refractivity contribution in [2.45, 2.75) is 26.3 Å². The van der Waals surface area contributed by atoms with E-state index < -0.39 is 28.5 Å². The molecular weight excluding hydrogens is 458 g/mol. The highest BCUT2D eigenvalue weighted by atomic mass is 32.2. The Bertz CT molecular complexity index is 1080. The van der Waals surface area contributed by atoms with Gasteiger partial charge in [-0.15, -0.1) is 0 Å². The summed E-state index contributed by atoms with van der Waals surface area (Å²) in [6.45, 7) is 3.58. The summed E-state index contributed by atoms with van der Waals surface area (Å²) in [6, 6.07) is 13.5. The zero-order chi connectivity index (χ0) is 25.3. The number of rotatable bonds is 12. The van der Waals surface area contributed by atoms with Crippen molar-refractivity contribution in [2.75, 3.05) is 44.4 Å². The van der Waals surface area contributed by atoms with Gasteiger partial charge in [-0.1, -0.05) is 30.3 Å². The minimum Gasteiger partial charge on any atom is -0.497 e. The van der Waals surface area contributed by atoms with Crippen molar-refractivity contribution in [3.63, 3.8) is 0 Å². The monoisotopic (exact) mass is 491 g/mol. The van der Waals surface area contributed by atoms with Gasteiger partial charge in [0.15, 0.2) is 0 Å². The molecule has 0 heterocycles. The van der Waals surface area contributed by atoms with Crippen LogP contribution in [0.1, 0.15) is 19.4 Å². The van der Waals surface area contributed by atoms with Gasteiger partial charge in [0.1, 0.15) is 24.1 Å². The third kappa shape index (κ3) is 7.11. The fourth-order valence-corrected chi connectivity index (χ4v) is 4.32. The Morgan fingerprint density at radius 3 is 2.29 bits per heavy atom. The molecule has 0 aliphatic carbocycles. The molecule has 0 saturated carbocycles.